The Morgan fingerprint density at radius 2 is 2.24 bits per heavy atom. The maximum atomic E-state index is 6.02. The number of nitrogens with zero attached hydrogens (tertiary/aromatic N) is 3. The van der Waals surface area contributed by atoms with Gasteiger partial charge in [0.25, 0.3) is 0 Å². The van der Waals surface area contributed by atoms with E-state index in [1.54, 1.807) is 6.26 Å². The Labute approximate surface area is 122 Å². The van der Waals surface area contributed by atoms with Gasteiger partial charge in [0.05, 0.1) is 5.56 Å². The number of piperidine rings is 1. The molecule has 0 saturated carbocycles. The quantitative estimate of drug-likeness (QED) is 0.752. The molecule has 0 bridgehead atoms. The van der Waals surface area contributed by atoms with Gasteiger partial charge in [-0.3, -0.25) is 5.10 Å². The first-order valence-electron chi connectivity index (χ1n) is 7.21. The number of aromatic amines is 1. The van der Waals surface area contributed by atoms with E-state index in [0.29, 0.717) is 5.95 Å². The van der Waals surface area contributed by atoms with Gasteiger partial charge in [0.1, 0.15) is 11.8 Å². The lowest BCUT2D eigenvalue weighted by molar-refractivity contribution is 0.500. The van der Waals surface area contributed by atoms with Crippen LogP contribution < -0.4 is 10.6 Å². The molecule has 1 unspecified atom stereocenters. The maximum Gasteiger partial charge on any atom is 0.245 e. The largest absolute Gasteiger partial charge is 0.464 e. The van der Waals surface area contributed by atoms with E-state index in [4.69, 9.17) is 10.2 Å². The highest BCUT2D eigenvalue weighted by Gasteiger charge is 2.21. The Morgan fingerprint density at radius 3 is 3.14 bits per heavy atom. The van der Waals surface area contributed by atoms with Crippen LogP contribution in [-0.4, -0.2) is 34.3 Å². The normalized spacial score (nSPS) is 19.3. The molecule has 4 rings (SSSR count). The number of aromatic nitrogens is 3. The fraction of sp³-hybridized carbons (Fsp3) is 0.333. The Bertz CT molecular complexity index is 762. The summed E-state index contributed by atoms with van der Waals surface area (Å²) >= 11 is 0. The van der Waals surface area contributed by atoms with Crippen molar-refractivity contribution in [1.29, 1.82) is 0 Å². The highest BCUT2D eigenvalue weighted by molar-refractivity contribution is 5.92. The van der Waals surface area contributed by atoms with Gasteiger partial charge < -0.3 is 15.1 Å². The van der Waals surface area contributed by atoms with Crippen molar-refractivity contribution in [2.75, 3.05) is 18.0 Å². The number of hydrogen-bond acceptors (Lipinski definition) is 5. The molecule has 3 heterocycles. The highest BCUT2D eigenvalue weighted by Crippen LogP contribution is 2.29. The second-order valence-electron chi connectivity index (χ2n) is 5.48. The van der Waals surface area contributed by atoms with Gasteiger partial charge in [-0.05, 0) is 18.9 Å². The van der Waals surface area contributed by atoms with Crippen LogP contribution in [0.5, 0.6) is 0 Å². The molecule has 0 amide bonds. The van der Waals surface area contributed by atoms with E-state index in [-0.39, 0.29) is 6.04 Å². The smallest absolute Gasteiger partial charge is 0.245 e. The number of anilines is 1. The van der Waals surface area contributed by atoms with Gasteiger partial charge in [-0.1, -0.05) is 18.2 Å². The van der Waals surface area contributed by atoms with Crippen LogP contribution in [0.1, 0.15) is 12.8 Å². The molecule has 3 N–H and O–H groups in total. The van der Waals surface area contributed by atoms with Gasteiger partial charge in [-0.2, -0.15) is 4.98 Å². The number of benzene rings is 1. The summed E-state index contributed by atoms with van der Waals surface area (Å²) < 4.78 is 5.55. The average Bonchev–Trinajstić information content (AvgIpc) is 3.14. The third-order valence-corrected chi connectivity index (χ3v) is 3.95. The fourth-order valence-corrected chi connectivity index (χ4v) is 2.87. The highest BCUT2D eigenvalue weighted by atomic mass is 16.3. The molecule has 0 aliphatic carbocycles. The van der Waals surface area contributed by atoms with E-state index in [1.807, 2.05) is 24.3 Å². The van der Waals surface area contributed by atoms with Gasteiger partial charge in [-0.15, -0.1) is 5.10 Å². The van der Waals surface area contributed by atoms with Crippen LogP contribution in [0.4, 0.5) is 5.95 Å². The van der Waals surface area contributed by atoms with Crippen LogP contribution in [0.25, 0.3) is 22.4 Å². The van der Waals surface area contributed by atoms with Gasteiger partial charge in [0.2, 0.25) is 5.95 Å². The van der Waals surface area contributed by atoms with Crippen LogP contribution in [0, 0.1) is 0 Å². The zero-order valence-corrected chi connectivity index (χ0v) is 11.6. The van der Waals surface area contributed by atoms with E-state index in [0.717, 1.165) is 48.3 Å². The first-order valence-corrected chi connectivity index (χ1v) is 7.21. The molecule has 6 nitrogen and oxygen atoms in total. The van der Waals surface area contributed by atoms with Crippen LogP contribution >= 0.6 is 0 Å². The van der Waals surface area contributed by atoms with Crippen LogP contribution in [0.3, 0.4) is 0 Å². The summed E-state index contributed by atoms with van der Waals surface area (Å²) in [5.41, 5.74) is 7.80. The molecule has 108 valence electrons. The second kappa shape index (κ2) is 4.89. The zero-order valence-electron chi connectivity index (χ0n) is 11.6. The molecule has 1 aliphatic rings. The van der Waals surface area contributed by atoms with Crippen molar-refractivity contribution in [3.05, 3.63) is 30.5 Å². The predicted octanol–water partition coefficient (Wildman–Crippen LogP) is 2.15. The first kappa shape index (κ1) is 12.4. The minimum absolute atomic E-state index is 0.204. The number of fused-ring (bicyclic) bond motifs is 1. The Kier molecular flexibility index (Phi) is 2.89. The third-order valence-electron chi connectivity index (χ3n) is 3.95. The van der Waals surface area contributed by atoms with E-state index < -0.39 is 0 Å². The van der Waals surface area contributed by atoms with Crippen LogP contribution in [0.15, 0.2) is 34.9 Å². The Balaban J connectivity index is 1.68. The topological polar surface area (TPSA) is 84.0 Å². The van der Waals surface area contributed by atoms with E-state index >= 15 is 0 Å². The van der Waals surface area contributed by atoms with Gasteiger partial charge in [0.15, 0.2) is 5.82 Å². The maximum absolute atomic E-state index is 6.02. The first-order chi connectivity index (χ1) is 10.3. The van der Waals surface area contributed by atoms with Crippen LogP contribution in [0.2, 0.25) is 0 Å². The zero-order chi connectivity index (χ0) is 14.2. The summed E-state index contributed by atoms with van der Waals surface area (Å²) in [6.45, 7) is 1.76. The average molecular weight is 283 g/mol. The molecule has 3 aromatic rings. The number of rotatable bonds is 2. The van der Waals surface area contributed by atoms with E-state index in [9.17, 15) is 0 Å². The number of H-pyrrole nitrogens is 1. The summed E-state index contributed by atoms with van der Waals surface area (Å²) in [6.07, 6.45) is 3.87. The van der Waals surface area contributed by atoms with Crippen molar-refractivity contribution in [2.24, 2.45) is 5.73 Å². The molecule has 1 aliphatic heterocycles. The monoisotopic (exact) mass is 283 g/mol. The van der Waals surface area contributed by atoms with Gasteiger partial charge >= 0.3 is 0 Å². The molecule has 0 spiro atoms. The van der Waals surface area contributed by atoms with Crippen molar-refractivity contribution in [2.45, 2.75) is 18.9 Å². The van der Waals surface area contributed by atoms with Crippen molar-refractivity contribution in [3.63, 3.8) is 0 Å². The van der Waals surface area contributed by atoms with Crippen molar-refractivity contribution < 1.29 is 4.42 Å². The van der Waals surface area contributed by atoms with Crippen molar-refractivity contribution >= 4 is 16.9 Å². The molecule has 1 aromatic carbocycles. The molecule has 1 fully saturated rings. The van der Waals surface area contributed by atoms with Crippen molar-refractivity contribution in [3.8, 4) is 11.4 Å². The number of hydrogen-bond donors (Lipinski definition) is 2. The van der Waals surface area contributed by atoms with E-state index in [2.05, 4.69) is 20.1 Å². The Hall–Kier alpha value is -2.34. The minimum Gasteiger partial charge on any atom is -0.464 e. The summed E-state index contributed by atoms with van der Waals surface area (Å²) in [6, 6.07) is 8.11. The summed E-state index contributed by atoms with van der Waals surface area (Å²) in [5.74, 6) is 1.44. The SMILES string of the molecule is NC1CCCN(c2n[nH]c(-c3coc4ccccc34)n2)C1. The molecule has 6 heteroatoms. The van der Waals surface area contributed by atoms with Crippen molar-refractivity contribution in [1.82, 2.24) is 15.2 Å². The number of para-hydroxylation sites is 1. The van der Waals surface area contributed by atoms with Crippen LogP contribution in [-0.2, 0) is 0 Å². The van der Waals surface area contributed by atoms with Gasteiger partial charge in [0, 0.05) is 24.5 Å². The number of nitrogens with two attached hydrogens (primary N) is 1. The molecule has 1 atom stereocenters. The minimum atomic E-state index is 0.204. The third kappa shape index (κ3) is 2.17. The summed E-state index contributed by atoms with van der Waals surface area (Å²) in [5, 5.41) is 8.38. The Morgan fingerprint density at radius 1 is 1.33 bits per heavy atom. The standard InChI is InChI=1S/C15H17N5O/c16-10-4-3-7-20(8-10)15-17-14(18-19-15)12-9-21-13-6-2-1-5-11(12)13/h1-2,5-6,9-10H,3-4,7-8,16H2,(H,17,18,19). The summed E-state index contributed by atoms with van der Waals surface area (Å²) in [7, 11) is 0. The second-order valence-corrected chi connectivity index (χ2v) is 5.48. The summed E-state index contributed by atoms with van der Waals surface area (Å²) in [4.78, 5) is 6.74. The lowest BCUT2D eigenvalue weighted by atomic mass is 10.1. The molecular weight excluding hydrogens is 266 g/mol. The predicted molar refractivity (Wildman–Crippen MR) is 81.0 cm³/mol. The molecule has 1 saturated heterocycles. The number of furan rings is 1. The molecule has 0 radical (unpaired) electrons. The van der Waals surface area contributed by atoms with Gasteiger partial charge in [-0.25, -0.2) is 0 Å². The van der Waals surface area contributed by atoms with E-state index in [1.165, 1.54) is 0 Å². The molecule has 21 heavy (non-hydrogen) atoms. The molecule has 2 aromatic heterocycles. The fourth-order valence-electron chi connectivity index (χ4n) is 2.87. The molecular formula is C15H17N5O. The lowest BCUT2D eigenvalue weighted by Gasteiger charge is -2.29. The lowest BCUT2D eigenvalue weighted by Crippen LogP contribution is -2.43. The number of nitrogens with one attached hydrogen (secondary N) is 1.